The summed E-state index contributed by atoms with van der Waals surface area (Å²) in [4.78, 5) is 24.4. The van der Waals surface area contributed by atoms with Crippen molar-refractivity contribution in [2.24, 2.45) is 5.92 Å². The molecule has 1 aliphatic rings. The van der Waals surface area contributed by atoms with E-state index < -0.39 is 35.1 Å². The SMILES string of the molecule is C=C1NC(=O)[C@@](NC(=O)c2ccc(C(C)(C)C)cc2)(C(F)(F)F)[C@H]1C#N. The van der Waals surface area contributed by atoms with E-state index in [-0.39, 0.29) is 11.0 Å². The largest absolute Gasteiger partial charge is 0.422 e. The molecule has 0 saturated carbocycles. The lowest BCUT2D eigenvalue weighted by Gasteiger charge is -2.32. The van der Waals surface area contributed by atoms with Gasteiger partial charge in [-0.25, -0.2) is 0 Å². The van der Waals surface area contributed by atoms with E-state index in [4.69, 9.17) is 5.26 Å². The van der Waals surface area contributed by atoms with Crippen molar-refractivity contribution in [3.05, 3.63) is 47.7 Å². The van der Waals surface area contributed by atoms with Gasteiger partial charge in [-0.3, -0.25) is 9.59 Å². The van der Waals surface area contributed by atoms with Crippen molar-refractivity contribution in [2.75, 3.05) is 0 Å². The molecule has 1 aromatic carbocycles. The third-order valence-corrected chi connectivity index (χ3v) is 4.31. The summed E-state index contributed by atoms with van der Waals surface area (Å²) < 4.78 is 41.1. The Morgan fingerprint density at radius 2 is 1.81 bits per heavy atom. The molecule has 8 heteroatoms. The lowest BCUT2D eigenvalue weighted by atomic mass is 9.84. The summed E-state index contributed by atoms with van der Waals surface area (Å²) >= 11 is 0. The van der Waals surface area contributed by atoms with E-state index in [1.54, 1.807) is 17.4 Å². The van der Waals surface area contributed by atoms with Gasteiger partial charge in [-0.2, -0.15) is 18.4 Å². The Morgan fingerprint density at radius 1 is 1.27 bits per heavy atom. The number of amides is 2. The van der Waals surface area contributed by atoms with Gasteiger partial charge in [0.1, 0.15) is 5.92 Å². The number of hydrogen-bond acceptors (Lipinski definition) is 3. The van der Waals surface area contributed by atoms with Crippen LogP contribution in [-0.2, 0) is 10.2 Å². The van der Waals surface area contributed by atoms with Gasteiger partial charge in [-0.1, -0.05) is 39.5 Å². The molecule has 1 fully saturated rings. The van der Waals surface area contributed by atoms with Crippen LogP contribution in [0.3, 0.4) is 0 Å². The smallest absolute Gasteiger partial charge is 0.329 e. The zero-order valence-corrected chi connectivity index (χ0v) is 14.5. The topological polar surface area (TPSA) is 82.0 Å². The zero-order chi connectivity index (χ0) is 19.9. The number of nitriles is 1. The number of carbonyl (C=O) groups is 2. The van der Waals surface area contributed by atoms with E-state index in [1.165, 1.54) is 18.2 Å². The minimum Gasteiger partial charge on any atom is -0.329 e. The van der Waals surface area contributed by atoms with Crippen molar-refractivity contribution in [1.82, 2.24) is 10.6 Å². The minimum atomic E-state index is -5.18. The van der Waals surface area contributed by atoms with E-state index in [0.29, 0.717) is 0 Å². The number of halogens is 3. The Labute approximate surface area is 148 Å². The van der Waals surface area contributed by atoms with Gasteiger partial charge >= 0.3 is 6.18 Å². The second kappa shape index (κ2) is 6.16. The van der Waals surface area contributed by atoms with Crippen LogP contribution >= 0.6 is 0 Å². The van der Waals surface area contributed by atoms with Gasteiger partial charge in [0.2, 0.25) is 5.54 Å². The maximum absolute atomic E-state index is 13.7. The zero-order valence-electron chi connectivity index (χ0n) is 14.5. The standard InChI is InChI=1S/C18H18F3N3O2/c1-10-13(9-22)17(15(26)23-10,18(19,20)21)24-14(25)11-5-7-12(8-6-11)16(2,3)4/h5-8,13H,1H2,2-4H3,(H,23,26)(H,24,25)/t13-,17+/m0/s1. The fourth-order valence-electron chi connectivity index (χ4n) is 2.75. The maximum Gasteiger partial charge on any atom is 0.422 e. The van der Waals surface area contributed by atoms with Crippen molar-refractivity contribution in [2.45, 2.75) is 37.9 Å². The monoisotopic (exact) mass is 365 g/mol. The summed E-state index contributed by atoms with van der Waals surface area (Å²) in [5, 5.41) is 12.7. The van der Waals surface area contributed by atoms with Crippen LogP contribution in [0.4, 0.5) is 13.2 Å². The summed E-state index contributed by atoms with van der Waals surface area (Å²) in [5.41, 5.74) is -3.14. The highest BCUT2D eigenvalue weighted by Gasteiger charge is 2.70. The molecule has 5 nitrogen and oxygen atoms in total. The van der Waals surface area contributed by atoms with Gasteiger partial charge in [0, 0.05) is 11.3 Å². The number of nitrogens with one attached hydrogen (secondary N) is 2. The van der Waals surface area contributed by atoms with Gasteiger partial charge < -0.3 is 10.6 Å². The van der Waals surface area contributed by atoms with E-state index in [1.807, 2.05) is 26.1 Å². The Balaban J connectivity index is 2.42. The minimum absolute atomic E-state index is 0.0522. The second-order valence-electron chi connectivity index (χ2n) is 7.13. The highest BCUT2D eigenvalue weighted by Crippen LogP contribution is 2.42. The molecule has 0 unspecified atom stereocenters. The van der Waals surface area contributed by atoms with E-state index in [0.717, 1.165) is 5.56 Å². The molecule has 2 rings (SSSR count). The highest BCUT2D eigenvalue weighted by atomic mass is 19.4. The molecule has 0 aliphatic carbocycles. The van der Waals surface area contributed by atoms with Crippen molar-refractivity contribution >= 4 is 11.8 Å². The van der Waals surface area contributed by atoms with Gasteiger partial charge in [-0.05, 0) is 23.1 Å². The fourth-order valence-corrected chi connectivity index (χ4v) is 2.75. The maximum atomic E-state index is 13.7. The second-order valence-corrected chi connectivity index (χ2v) is 7.13. The Kier molecular flexibility index (Phi) is 4.62. The fraction of sp³-hybridized carbons (Fsp3) is 0.389. The molecular formula is C18H18F3N3O2. The van der Waals surface area contributed by atoms with Crippen molar-refractivity contribution in [3.63, 3.8) is 0 Å². The van der Waals surface area contributed by atoms with Crippen LogP contribution in [0.2, 0.25) is 0 Å². The molecular weight excluding hydrogens is 347 g/mol. The molecule has 1 aliphatic heterocycles. The van der Waals surface area contributed by atoms with Crippen molar-refractivity contribution < 1.29 is 22.8 Å². The lowest BCUT2D eigenvalue weighted by molar-refractivity contribution is -0.197. The predicted octanol–water partition coefficient (Wildman–Crippen LogP) is 2.80. The first-order valence-corrected chi connectivity index (χ1v) is 7.74. The van der Waals surface area contributed by atoms with Crippen LogP contribution in [0.25, 0.3) is 0 Å². The van der Waals surface area contributed by atoms with E-state index >= 15 is 0 Å². The van der Waals surface area contributed by atoms with Gasteiger partial charge in [-0.15, -0.1) is 0 Å². The number of rotatable bonds is 2. The average molecular weight is 365 g/mol. The Hall–Kier alpha value is -2.82. The number of alkyl halides is 3. The summed E-state index contributed by atoms with van der Waals surface area (Å²) in [7, 11) is 0. The number of carbonyl (C=O) groups excluding carboxylic acids is 2. The summed E-state index contributed by atoms with van der Waals surface area (Å²) in [5.74, 6) is -4.60. The van der Waals surface area contributed by atoms with Crippen LogP contribution < -0.4 is 10.6 Å². The van der Waals surface area contributed by atoms with E-state index in [9.17, 15) is 22.8 Å². The average Bonchev–Trinajstić information content (AvgIpc) is 2.76. The molecule has 2 amide bonds. The van der Waals surface area contributed by atoms with Crippen molar-refractivity contribution in [1.29, 1.82) is 5.26 Å². The number of hydrogen-bond donors (Lipinski definition) is 2. The molecule has 138 valence electrons. The van der Waals surface area contributed by atoms with Crippen LogP contribution in [-0.4, -0.2) is 23.5 Å². The quantitative estimate of drug-likeness (QED) is 0.846. The van der Waals surface area contributed by atoms with Gasteiger partial charge in [0.25, 0.3) is 11.8 Å². The number of nitrogens with zero attached hydrogens (tertiary/aromatic N) is 1. The normalized spacial score (nSPS) is 23.3. The first-order valence-electron chi connectivity index (χ1n) is 7.74. The summed E-state index contributed by atoms with van der Waals surface area (Å²) in [6.07, 6.45) is -5.18. The third-order valence-electron chi connectivity index (χ3n) is 4.31. The van der Waals surface area contributed by atoms with Crippen molar-refractivity contribution in [3.8, 4) is 6.07 Å². The molecule has 1 aromatic rings. The Bertz CT molecular complexity index is 801. The summed E-state index contributed by atoms with van der Waals surface area (Å²) in [6.45, 7) is 9.13. The Morgan fingerprint density at radius 3 is 2.23 bits per heavy atom. The molecule has 2 N–H and O–H groups in total. The van der Waals surface area contributed by atoms with Crippen LogP contribution in [0.15, 0.2) is 36.5 Å². The third kappa shape index (κ3) is 3.05. The lowest BCUT2D eigenvalue weighted by Crippen LogP contribution is -2.66. The van der Waals surface area contributed by atoms with Gasteiger partial charge in [0.05, 0.1) is 6.07 Å². The molecule has 0 aromatic heterocycles. The summed E-state index contributed by atoms with van der Waals surface area (Å²) in [6, 6.07) is 7.42. The molecule has 0 radical (unpaired) electrons. The van der Waals surface area contributed by atoms with Crippen LogP contribution in [0, 0.1) is 17.2 Å². The molecule has 26 heavy (non-hydrogen) atoms. The van der Waals surface area contributed by atoms with E-state index in [2.05, 4.69) is 6.58 Å². The van der Waals surface area contributed by atoms with Gasteiger partial charge in [0.15, 0.2) is 0 Å². The highest BCUT2D eigenvalue weighted by molar-refractivity contribution is 6.02. The molecule has 2 atom stereocenters. The first-order chi connectivity index (χ1) is 11.8. The molecule has 1 saturated heterocycles. The van der Waals surface area contributed by atoms with Crippen LogP contribution in [0.5, 0.6) is 0 Å². The molecule has 0 bridgehead atoms. The molecule has 1 heterocycles. The first kappa shape index (κ1) is 19.5. The van der Waals surface area contributed by atoms with Crippen LogP contribution in [0.1, 0.15) is 36.7 Å². The predicted molar refractivity (Wildman–Crippen MR) is 87.8 cm³/mol. The number of benzene rings is 1. The molecule has 0 spiro atoms.